The number of anilines is 2. The van der Waals surface area contributed by atoms with Crippen molar-refractivity contribution in [3.05, 3.63) is 84.4 Å². The number of amides is 2. The number of halogens is 1. The molecule has 2 heterocycles. The highest BCUT2D eigenvalue weighted by atomic mass is 35.5. The highest BCUT2D eigenvalue weighted by Gasteiger charge is 2.14. The van der Waals surface area contributed by atoms with Crippen molar-refractivity contribution >= 4 is 40.8 Å². The van der Waals surface area contributed by atoms with Gasteiger partial charge in [0.2, 0.25) is 0 Å². The standard InChI is InChI=1S/C26H26N4O2.ClH/c31-26(28-21-6-2-1-3-7-21)29-23-9-5-4-8-22(23)25-17-20-11-10-19(16-24(20)32-25)18-30-14-12-27-13-15-30;/h1-11,16-17,27H,12-15,18H2,(H2,28,29,31);1H. The topological polar surface area (TPSA) is 69.5 Å². The lowest BCUT2D eigenvalue weighted by molar-refractivity contribution is 0.233. The average molecular weight is 463 g/mol. The van der Waals surface area contributed by atoms with Gasteiger partial charge in [-0.05, 0) is 42.0 Å². The molecule has 1 saturated heterocycles. The number of furan rings is 1. The Morgan fingerprint density at radius 3 is 2.48 bits per heavy atom. The molecule has 33 heavy (non-hydrogen) atoms. The second kappa shape index (κ2) is 10.5. The number of para-hydroxylation sites is 2. The second-order valence-corrected chi connectivity index (χ2v) is 8.00. The molecule has 1 aromatic heterocycles. The van der Waals surface area contributed by atoms with Crippen LogP contribution in [0, 0.1) is 0 Å². The van der Waals surface area contributed by atoms with Crippen LogP contribution in [0.3, 0.4) is 0 Å². The van der Waals surface area contributed by atoms with Crippen LogP contribution in [-0.4, -0.2) is 37.1 Å². The number of carbonyl (C=O) groups is 1. The molecule has 0 bridgehead atoms. The summed E-state index contributed by atoms with van der Waals surface area (Å²) >= 11 is 0. The van der Waals surface area contributed by atoms with Gasteiger partial charge in [-0.25, -0.2) is 4.79 Å². The summed E-state index contributed by atoms with van der Waals surface area (Å²) in [6.07, 6.45) is 0. The predicted octanol–water partition coefficient (Wildman–Crippen LogP) is 5.57. The Balaban J connectivity index is 0.00000259. The average Bonchev–Trinajstić information content (AvgIpc) is 3.24. The second-order valence-electron chi connectivity index (χ2n) is 8.00. The van der Waals surface area contributed by atoms with Crippen LogP contribution in [0.1, 0.15) is 5.56 Å². The zero-order chi connectivity index (χ0) is 21.8. The molecule has 0 spiro atoms. The van der Waals surface area contributed by atoms with Crippen LogP contribution in [0.5, 0.6) is 0 Å². The first-order chi connectivity index (χ1) is 15.7. The van der Waals surface area contributed by atoms with Gasteiger partial charge in [0.25, 0.3) is 0 Å². The van der Waals surface area contributed by atoms with E-state index in [1.54, 1.807) is 0 Å². The van der Waals surface area contributed by atoms with Gasteiger partial charge in [0.15, 0.2) is 0 Å². The molecule has 1 fully saturated rings. The molecule has 3 N–H and O–H groups in total. The van der Waals surface area contributed by atoms with E-state index >= 15 is 0 Å². The first-order valence-electron chi connectivity index (χ1n) is 10.9. The number of rotatable bonds is 5. The van der Waals surface area contributed by atoms with Crippen LogP contribution in [0.2, 0.25) is 0 Å². The molecule has 0 aliphatic carbocycles. The van der Waals surface area contributed by atoms with Crippen molar-refractivity contribution < 1.29 is 9.21 Å². The minimum atomic E-state index is -0.293. The van der Waals surface area contributed by atoms with Crippen molar-refractivity contribution in [2.75, 3.05) is 36.8 Å². The van der Waals surface area contributed by atoms with Gasteiger partial charge in [-0.2, -0.15) is 0 Å². The molecule has 7 heteroatoms. The minimum Gasteiger partial charge on any atom is -0.456 e. The fourth-order valence-electron chi connectivity index (χ4n) is 4.05. The lowest BCUT2D eigenvalue weighted by Crippen LogP contribution is -2.42. The molecule has 3 aromatic carbocycles. The summed E-state index contributed by atoms with van der Waals surface area (Å²) in [4.78, 5) is 15.0. The van der Waals surface area contributed by atoms with E-state index in [4.69, 9.17) is 4.42 Å². The Hall–Kier alpha value is -3.32. The van der Waals surface area contributed by atoms with Crippen molar-refractivity contribution in [1.82, 2.24) is 10.2 Å². The SMILES string of the molecule is Cl.O=C(Nc1ccccc1)Nc1ccccc1-c1cc2ccc(CN3CCNCC3)cc2o1. The zero-order valence-corrected chi connectivity index (χ0v) is 19.0. The molecule has 170 valence electrons. The number of benzene rings is 3. The third-order valence-electron chi connectivity index (χ3n) is 5.67. The van der Waals surface area contributed by atoms with E-state index in [0.717, 1.165) is 60.7 Å². The zero-order valence-electron chi connectivity index (χ0n) is 18.2. The van der Waals surface area contributed by atoms with E-state index in [2.05, 4.69) is 39.0 Å². The molecule has 1 aliphatic rings. The monoisotopic (exact) mass is 462 g/mol. The first kappa shape index (κ1) is 22.9. The quantitative estimate of drug-likeness (QED) is 0.362. The molecule has 4 aromatic rings. The van der Waals surface area contributed by atoms with Crippen LogP contribution in [0.25, 0.3) is 22.3 Å². The van der Waals surface area contributed by atoms with Gasteiger partial charge in [0.05, 0.1) is 5.69 Å². The fraction of sp³-hybridized carbons (Fsp3) is 0.192. The number of urea groups is 1. The van der Waals surface area contributed by atoms with E-state index in [0.29, 0.717) is 5.69 Å². The number of nitrogens with zero attached hydrogens (tertiary/aromatic N) is 1. The smallest absolute Gasteiger partial charge is 0.323 e. The molecule has 1 aliphatic heterocycles. The number of hydrogen-bond acceptors (Lipinski definition) is 4. The summed E-state index contributed by atoms with van der Waals surface area (Å²) in [5.74, 6) is 0.731. The molecule has 0 saturated carbocycles. The normalized spacial score (nSPS) is 13.9. The van der Waals surface area contributed by atoms with Crippen molar-refractivity contribution in [3.8, 4) is 11.3 Å². The number of fused-ring (bicyclic) bond motifs is 1. The van der Waals surface area contributed by atoms with Gasteiger partial charge < -0.3 is 20.4 Å². The Labute approximate surface area is 199 Å². The number of piperazine rings is 1. The van der Waals surface area contributed by atoms with Gasteiger partial charge in [0, 0.05) is 49.4 Å². The predicted molar refractivity (Wildman–Crippen MR) is 136 cm³/mol. The van der Waals surface area contributed by atoms with E-state index in [1.165, 1.54) is 5.56 Å². The summed E-state index contributed by atoms with van der Waals surface area (Å²) < 4.78 is 6.22. The summed E-state index contributed by atoms with van der Waals surface area (Å²) in [6.45, 7) is 5.12. The first-order valence-corrected chi connectivity index (χ1v) is 10.9. The highest BCUT2D eigenvalue weighted by molar-refractivity contribution is 6.02. The summed E-state index contributed by atoms with van der Waals surface area (Å²) in [7, 11) is 0. The van der Waals surface area contributed by atoms with Crippen LogP contribution in [-0.2, 0) is 6.54 Å². The maximum atomic E-state index is 12.5. The summed E-state index contributed by atoms with van der Waals surface area (Å²) in [5, 5.41) is 10.2. The third-order valence-corrected chi connectivity index (χ3v) is 5.67. The van der Waals surface area contributed by atoms with Gasteiger partial charge in [-0.3, -0.25) is 4.90 Å². The highest BCUT2D eigenvalue weighted by Crippen LogP contribution is 2.33. The maximum absolute atomic E-state index is 12.5. The van der Waals surface area contributed by atoms with Crippen LogP contribution in [0.4, 0.5) is 16.2 Å². The van der Waals surface area contributed by atoms with Gasteiger partial charge in [-0.15, -0.1) is 12.4 Å². The van der Waals surface area contributed by atoms with Crippen molar-refractivity contribution in [3.63, 3.8) is 0 Å². The number of nitrogens with one attached hydrogen (secondary N) is 3. The number of hydrogen-bond donors (Lipinski definition) is 3. The Kier molecular flexibility index (Phi) is 7.29. The van der Waals surface area contributed by atoms with E-state index in [-0.39, 0.29) is 18.4 Å². The van der Waals surface area contributed by atoms with Crippen LogP contribution >= 0.6 is 12.4 Å². The Morgan fingerprint density at radius 1 is 0.909 bits per heavy atom. The number of carbonyl (C=O) groups excluding carboxylic acids is 1. The van der Waals surface area contributed by atoms with E-state index in [9.17, 15) is 4.79 Å². The molecular formula is C26H27ClN4O2. The molecule has 6 nitrogen and oxygen atoms in total. The Morgan fingerprint density at radius 2 is 1.67 bits per heavy atom. The van der Waals surface area contributed by atoms with Crippen LogP contribution < -0.4 is 16.0 Å². The van der Waals surface area contributed by atoms with Crippen molar-refractivity contribution in [2.24, 2.45) is 0 Å². The molecular weight excluding hydrogens is 436 g/mol. The van der Waals surface area contributed by atoms with Crippen molar-refractivity contribution in [1.29, 1.82) is 0 Å². The lowest BCUT2D eigenvalue weighted by atomic mass is 10.1. The van der Waals surface area contributed by atoms with Crippen LogP contribution in [0.15, 0.2) is 83.3 Å². The molecule has 2 amide bonds. The molecule has 0 radical (unpaired) electrons. The summed E-state index contributed by atoms with van der Waals surface area (Å²) in [5.41, 5.74) is 4.38. The maximum Gasteiger partial charge on any atom is 0.323 e. The Bertz CT molecular complexity index is 1220. The van der Waals surface area contributed by atoms with E-state index < -0.39 is 0 Å². The van der Waals surface area contributed by atoms with Gasteiger partial charge >= 0.3 is 6.03 Å². The van der Waals surface area contributed by atoms with Gasteiger partial charge in [-0.1, -0.05) is 42.5 Å². The fourth-order valence-corrected chi connectivity index (χ4v) is 4.05. The molecule has 0 unspecified atom stereocenters. The minimum absolute atomic E-state index is 0. The van der Waals surface area contributed by atoms with E-state index in [1.807, 2.05) is 60.7 Å². The largest absolute Gasteiger partial charge is 0.456 e. The van der Waals surface area contributed by atoms with Gasteiger partial charge in [0.1, 0.15) is 11.3 Å². The molecule has 0 atom stereocenters. The molecule has 5 rings (SSSR count). The summed E-state index contributed by atoms with van der Waals surface area (Å²) in [6, 6.07) is 25.2. The lowest BCUT2D eigenvalue weighted by Gasteiger charge is -2.27. The third kappa shape index (κ3) is 5.54. The van der Waals surface area contributed by atoms with Crippen molar-refractivity contribution in [2.45, 2.75) is 6.54 Å².